The van der Waals surface area contributed by atoms with Crippen LogP contribution in [0.4, 0.5) is 5.13 Å². The molecule has 0 aliphatic carbocycles. The molecule has 2 heterocycles. The standard InChI is InChI=1S/C17H18N4O2S2/c1-10-2-4-11(5-3-10)12-8-13(22)20-16(15(12)18)25-9-14(23)21-17-19-6-7-24-17/h2-7,12H,8-9,18H2,1H3,(H,20,22)(H,19,21,23). The SMILES string of the molecule is Cc1ccc(C2CC(=O)NC(SCC(=O)Nc3nccs3)=C2N)cc1. The summed E-state index contributed by atoms with van der Waals surface area (Å²) in [6.07, 6.45) is 1.94. The van der Waals surface area contributed by atoms with Gasteiger partial charge in [-0.25, -0.2) is 4.98 Å². The second-order valence-corrected chi connectivity index (χ2v) is 7.55. The molecule has 1 aromatic carbocycles. The molecule has 2 aromatic rings. The van der Waals surface area contributed by atoms with E-state index in [2.05, 4.69) is 15.6 Å². The lowest BCUT2D eigenvalue weighted by atomic mass is 9.90. The number of anilines is 1. The van der Waals surface area contributed by atoms with Crippen molar-refractivity contribution in [3.8, 4) is 0 Å². The Morgan fingerprint density at radius 2 is 2.20 bits per heavy atom. The van der Waals surface area contributed by atoms with Crippen molar-refractivity contribution in [2.45, 2.75) is 19.3 Å². The molecule has 4 N–H and O–H groups in total. The first-order chi connectivity index (χ1) is 12.0. The molecule has 8 heteroatoms. The Bertz CT molecular complexity index is 801. The highest BCUT2D eigenvalue weighted by Gasteiger charge is 2.27. The fourth-order valence-electron chi connectivity index (χ4n) is 2.50. The van der Waals surface area contributed by atoms with Gasteiger partial charge in [-0.05, 0) is 12.5 Å². The average molecular weight is 374 g/mol. The summed E-state index contributed by atoms with van der Waals surface area (Å²) in [5, 5.41) is 8.38. The Morgan fingerprint density at radius 3 is 2.88 bits per heavy atom. The molecule has 2 amide bonds. The Hall–Kier alpha value is -2.32. The van der Waals surface area contributed by atoms with Crippen molar-refractivity contribution in [3.05, 3.63) is 57.7 Å². The minimum atomic E-state index is -0.188. The van der Waals surface area contributed by atoms with Crippen molar-refractivity contribution in [2.75, 3.05) is 11.1 Å². The Balaban J connectivity index is 1.70. The van der Waals surface area contributed by atoms with Gasteiger partial charge in [0.1, 0.15) is 0 Å². The van der Waals surface area contributed by atoms with Gasteiger partial charge in [0.05, 0.1) is 10.8 Å². The molecular weight excluding hydrogens is 356 g/mol. The van der Waals surface area contributed by atoms with E-state index in [1.165, 1.54) is 23.1 Å². The Kier molecular flexibility index (Phi) is 5.40. The zero-order chi connectivity index (χ0) is 17.8. The lowest BCUT2D eigenvalue weighted by Crippen LogP contribution is -2.34. The molecule has 0 radical (unpaired) electrons. The first-order valence-electron chi connectivity index (χ1n) is 7.71. The molecule has 1 aliphatic rings. The molecule has 0 fully saturated rings. The maximum atomic E-state index is 12.0. The third kappa shape index (κ3) is 4.40. The van der Waals surface area contributed by atoms with Gasteiger partial charge in [0.25, 0.3) is 0 Å². The maximum absolute atomic E-state index is 12.0. The normalized spacial score (nSPS) is 17.3. The number of rotatable bonds is 5. The molecule has 25 heavy (non-hydrogen) atoms. The molecule has 0 spiro atoms. The second kappa shape index (κ2) is 7.71. The number of nitrogens with one attached hydrogen (secondary N) is 2. The largest absolute Gasteiger partial charge is 0.399 e. The summed E-state index contributed by atoms with van der Waals surface area (Å²) >= 11 is 2.58. The zero-order valence-corrected chi connectivity index (χ0v) is 15.2. The minimum absolute atomic E-state index is 0.0948. The van der Waals surface area contributed by atoms with Gasteiger partial charge in [0.15, 0.2) is 5.13 Å². The summed E-state index contributed by atoms with van der Waals surface area (Å²) in [5.74, 6) is -0.301. The Morgan fingerprint density at radius 1 is 1.44 bits per heavy atom. The number of aromatic nitrogens is 1. The third-order valence-corrected chi connectivity index (χ3v) is 5.51. The number of hydrogen-bond acceptors (Lipinski definition) is 6. The number of carbonyl (C=O) groups excluding carboxylic acids is 2. The number of thioether (sulfide) groups is 1. The van der Waals surface area contributed by atoms with Gasteiger partial charge in [-0.15, -0.1) is 11.3 Å². The van der Waals surface area contributed by atoms with E-state index in [0.29, 0.717) is 22.3 Å². The summed E-state index contributed by atoms with van der Waals surface area (Å²) in [7, 11) is 0. The first kappa shape index (κ1) is 17.5. The number of allylic oxidation sites excluding steroid dienone is 1. The van der Waals surface area contributed by atoms with E-state index in [1.54, 1.807) is 11.6 Å². The first-order valence-corrected chi connectivity index (χ1v) is 9.57. The van der Waals surface area contributed by atoms with Crippen LogP contribution in [0.25, 0.3) is 0 Å². The van der Waals surface area contributed by atoms with Crippen LogP contribution in [0.2, 0.25) is 0 Å². The van der Waals surface area contributed by atoms with Gasteiger partial charge in [0.2, 0.25) is 11.8 Å². The number of nitrogens with zero attached hydrogens (tertiary/aromatic N) is 1. The van der Waals surface area contributed by atoms with E-state index in [-0.39, 0.29) is 23.5 Å². The number of thiazole rings is 1. The average Bonchev–Trinajstić information content (AvgIpc) is 3.09. The lowest BCUT2D eigenvalue weighted by molar-refractivity contribution is -0.121. The molecule has 0 saturated heterocycles. The predicted octanol–water partition coefficient (Wildman–Crippen LogP) is 2.55. The third-order valence-electron chi connectivity index (χ3n) is 3.79. The van der Waals surface area contributed by atoms with E-state index in [1.807, 2.05) is 31.2 Å². The van der Waals surface area contributed by atoms with Gasteiger partial charge in [-0.3, -0.25) is 9.59 Å². The van der Waals surface area contributed by atoms with Gasteiger partial charge >= 0.3 is 0 Å². The number of nitrogens with two attached hydrogens (primary N) is 1. The summed E-state index contributed by atoms with van der Waals surface area (Å²) < 4.78 is 0. The fraction of sp³-hybridized carbons (Fsp3) is 0.235. The van der Waals surface area contributed by atoms with Gasteiger partial charge in [-0.2, -0.15) is 0 Å². The highest BCUT2D eigenvalue weighted by molar-refractivity contribution is 8.03. The monoisotopic (exact) mass is 374 g/mol. The van der Waals surface area contributed by atoms with Gasteiger partial charge < -0.3 is 16.4 Å². The predicted molar refractivity (Wildman–Crippen MR) is 101 cm³/mol. The fourth-order valence-corrected chi connectivity index (χ4v) is 3.88. The highest BCUT2D eigenvalue weighted by Crippen LogP contribution is 2.33. The lowest BCUT2D eigenvalue weighted by Gasteiger charge is -2.26. The van der Waals surface area contributed by atoms with Crippen molar-refractivity contribution < 1.29 is 9.59 Å². The number of hydrogen-bond donors (Lipinski definition) is 3. The van der Waals surface area contributed by atoms with Gasteiger partial charge in [-0.1, -0.05) is 41.6 Å². The van der Waals surface area contributed by atoms with E-state index in [9.17, 15) is 9.59 Å². The second-order valence-electron chi connectivity index (χ2n) is 5.67. The van der Waals surface area contributed by atoms with Crippen LogP contribution in [-0.2, 0) is 9.59 Å². The topological polar surface area (TPSA) is 97.1 Å². The van der Waals surface area contributed by atoms with Crippen LogP contribution in [0.5, 0.6) is 0 Å². The zero-order valence-electron chi connectivity index (χ0n) is 13.6. The molecule has 1 aliphatic heterocycles. The molecular formula is C17H18N4O2S2. The molecule has 1 unspecified atom stereocenters. The number of benzene rings is 1. The minimum Gasteiger partial charge on any atom is -0.399 e. The maximum Gasteiger partial charge on any atom is 0.236 e. The summed E-state index contributed by atoms with van der Waals surface area (Å²) in [6, 6.07) is 7.98. The highest BCUT2D eigenvalue weighted by atomic mass is 32.2. The van der Waals surface area contributed by atoms with Crippen LogP contribution < -0.4 is 16.4 Å². The van der Waals surface area contributed by atoms with E-state index < -0.39 is 0 Å². The van der Waals surface area contributed by atoms with Crippen LogP contribution in [0.15, 0.2) is 46.6 Å². The van der Waals surface area contributed by atoms with E-state index in [0.717, 1.165) is 11.1 Å². The summed E-state index contributed by atoms with van der Waals surface area (Å²) in [5.41, 5.74) is 9.03. The van der Waals surface area contributed by atoms with Crippen molar-refractivity contribution in [3.63, 3.8) is 0 Å². The van der Waals surface area contributed by atoms with Crippen LogP contribution in [0.1, 0.15) is 23.5 Å². The van der Waals surface area contributed by atoms with Crippen LogP contribution in [0, 0.1) is 6.92 Å². The smallest absolute Gasteiger partial charge is 0.236 e. The van der Waals surface area contributed by atoms with E-state index >= 15 is 0 Å². The molecule has 6 nitrogen and oxygen atoms in total. The number of aryl methyl sites for hydroxylation is 1. The molecule has 3 rings (SSSR count). The van der Waals surface area contributed by atoms with Crippen molar-refractivity contribution in [2.24, 2.45) is 5.73 Å². The molecule has 130 valence electrons. The van der Waals surface area contributed by atoms with Gasteiger partial charge in [0, 0.05) is 29.6 Å². The molecule has 1 atom stereocenters. The van der Waals surface area contributed by atoms with Crippen molar-refractivity contribution >= 4 is 40.0 Å². The van der Waals surface area contributed by atoms with E-state index in [4.69, 9.17) is 5.73 Å². The van der Waals surface area contributed by atoms with Crippen molar-refractivity contribution in [1.82, 2.24) is 10.3 Å². The number of amides is 2. The quantitative estimate of drug-likeness (QED) is 0.747. The summed E-state index contributed by atoms with van der Waals surface area (Å²) in [4.78, 5) is 28.0. The molecule has 1 aromatic heterocycles. The number of carbonyl (C=O) groups is 2. The Labute approximate surface area is 153 Å². The van der Waals surface area contributed by atoms with Crippen LogP contribution >= 0.6 is 23.1 Å². The van der Waals surface area contributed by atoms with Crippen molar-refractivity contribution in [1.29, 1.82) is 0 Å². The molecule has 0 bridgehead atoms. The summed E-state index contributed by atoms with van der Waals surface area (Å²) in [6.45, 7) is 2.01. The van der Waals surface area contributed by atoms with Crippen LogP contribution in [-0.4, -0.2) is 22.6 Å². The molecule has 0 saturated carbocycles. The van der Waals surface area contributed by atoms with Crippen LogP contribution in [0.3, 0.4) is 0 Å².